The number of ether oxygens (including phenoxy) is 1. The van der Waals surface area contributed by atoms with Crippen molar-refractivity contribution in [2.24, 2.45) is 0 Å². The monoisotopic (exact) mass is 386 g/mol. The summed E-state index contributed by atoms with van der Waals surface area (Å²) in [5.41, 5.74) is 0.758. The first-order valence-electron chi connectivity index (χ1n) is 8.64. The predicted molar refractivity (Wildman–Crippen MR) is 99.3 cm³/mol. The number of carbonyl (C=O) groups is 1. The first-order valence-corrected chi connectivity index (χ1v) is 9.02. The Balaban J connectivity index is 1.56. The molecule has 1 atom stereocenters. The Bertz CT molecular complexity index is 981. The van der Waals surface area contributed by atoms with E-state index in [1.54, 1.807) is 30.2 Å². The van der Waals surface area contributed by atoms with Crippen molar-refractivity contribution in [3.8, 4) is 11.3 Å². The molecule has 0 fully saturated rings. The highest BCUT2D eigenvalue weighted by atomic mass is 35.5. The number of hydrogen-bond acceptors (Lipinski definition) is 5. The van der Waals surface area contributed by atoms with Gasteiger partial charge in [0.05, 0.1) is 17.6 Å². The van der Waals surface area contributed by atoms with E-state index in [4.69, 9.17) is 20.8 Å². The van der Waals surface area contributed by atoms with Crippen LogP contribution in [0.4, 0.5) is 0 Å². The molecule has 3 aromatic rings. The molecule has 27 heavy (non-hydrogen) atoms. The number of hydrogen-bond donors (Lipinski definition) is 0. The van der Waals surface area contributed by atoms with Crippen LogP contribution in [-0.4, -0.2) is 39.2 Å². The van der Waals surface area contributed by atoms with Crippen molar-refractivity contribution >= 4 is 17.5 Å². The molecule has 8 heteroatoms. The van der Waals surface area contributed by atoms with Gasteiger partial charge >= 0.3 is 0 Å². The molecule has 0 unspecified atom stereocenters. The molecular weight excluding hydrogens is 368 g/mol. The lowest BCUT2D eigenvalue weighted by Crippen LogP contribution is -2.40. The summed E-state index contributed by atoms with van der Waals surface area (Å²) >= 11 is 6.22. The Morgan fingerprint density at radius 2 is 2.11 bits per heavy atom. The zero-order chi connectivity index (χ0) is 19.0. The fourth-order valence-corrected chi connectivity index (χ4v) is 3.64. The fraction of sp³-hybridized carbons (Fsp3) is 0.316. The molecule has 0 saturated carbocycles. The third-order valence-corrected chi connectivity index (χ3v) is 4.94. The van der Waals surface area contributed by atoms with Crippen molar-refractivity contribution in [1.29, 1.82) is 0 Å². The van der Waals surface area contributed by atoms with Gasteiger partial charge in [-0.05, 0) is 31.2 Å². The summed E-state index contributed by atoms with van der Waals surface area (Å²) in [6.07, 6.45) is 0. The zero-order valence-corrected chi connectivity index (χ0v) is 15.8. The number of methoxy groups -OCH3 is 1. The molecule has 7 nitrogen and oxygen atoms in total. The number of furan rings is 1. The number of fused-ring (bicyclic) bond motifs is 1. The Labute approximate surface area is 161 Å². The second-order valence-corrected chi connectivity index (χ2v) is 6.92. The lowest BCUT2D eigenvalue weighted by Gasteiger charge is -2.32. The van der Waals surface area contributed by atoms with Crippen molar-refractivity contribution in [1.82, 2.24) is 19.7 Å². The lowest BCUT2D eigenvalue weighted by molar-refractivity contribution is 0.0644. The van der Waals surface area contributed by atoms with Gasteiger partial charge in [0.2, 0.25) is 0 Å². The van der Waals surface area contributed by atoms with Crippen LogP contribution in [0.2, 0.25) is 5.02 Å². The van der Waals surface area contributed by atoms with Crippen molar-refractivity contribution in [3.05, 3.63) is 58.8 Å². The molecule has 0 aliphatic carbocycles. The van der Waals surface area contributed by atoms with Gasteiger partial charge in [0.25, 0.3) is 5.91 Å². The summed E-state index contributed by atoms with van der Waals surface area (Å²) < 4.78 is 13.0. The van der Waals surface area contributed by atoms with E-state index in [-0.39, 0.29) is 17.7 Å². The van der Waals surface area contributed by atoms with Gasteiger partial charge in [-0.25, -0.2) is 0 Å². The average molecular weight is 387 g/mol. The molecule has 3 heterocycles. The molecule has 1 aliphatic heterocycles. The number of amides is 1. The van der Waals surface area contributed by atoms with Crippen LogP contribution in [0.5, 0.6) is 0 Å². The molecule has 4 rings (SSSR count). The minimum atomic E-state index is -0.178. The third kappa shape index (κ3) is 3.24. The fourth-order valence-electron chi connectivity index (χ4n) is 3.41. The van der Waals surface area contributed by atoms with Gasteiger partial charge < -0.3 is 18.6 Å². The van der Waals surface area contributed by atoms with E-state index in [1.165, 1.54) is 0 Å². The number of carbonyl (C=O) groups excluding carboxylic acids is 1. The maximum absolute atomic E-state index is 12.9. The first kappa shape index (κ1) is 17.8. The molecular formula is C19H19ClN4O3. The van der Waals surface area contributed by atoms with Gasteiger partial charge in [-0.2, -0.15) is 0 Å². The van der Waals surface area contributed by atoms with Gasteiger partial charge in [-0.1, -0.05) is 23.7 Å². The number of benzene rings is 1. The van der Waals surface area contributed by atoms with Crippen LogP contribution in [0.15, 0.2) is 40.8 Å². The molecule has 0 bridgehead atoms. The first-order chi connectivity index (χ1) is 13.1. The standard InChI is InChI=1S/C19H19ClN4O3/c1-12-9-23(10-17-21-22-18(11-26-2)24(12)17)19(25)16-8-7-15(27-16)13-5-3-4-6-14(13)20/h3-8,12H,9-11H2,1-2H3/t12-/m0/s1. The summed E-state index contributed by atoms with van der Waals surface area (Å²) in [5, 5.41) is 8.96. The number of rotatable bonds is 4. The van der Waals surface area contributed by atoms with Gasteiger partial charge in [-0.3, -0.25) is 4.79 Å². The Morgan fingerprint density at radius 1 is 1.30 bits per heavy atom. The van der Waals surface area contributed by atoms with Gasteiger partial charge in [0.15, 0.2) is 17.4 Å². The number of nitrogens with zero attached hydrogens (tertiary/aromatic N) is 4. The highest BCUT2D eigenvalue weighted by molar-refractivity contribution is 6.33. The number of halogens is 1. The van der Waals surface area contributed by atoms with Crippen molar-refractivity contribution in [2.75, 3.05) is 13.7 Å². The number of aromatic nitrogens is 3. The molecule has 0 spiro atoms. The van der Waals surface area contributed by atoms with E-state index < -0.39 is 0 Å². The maximum atomic E-state index is 12.9. The van der Waals surface area contributed by atoms with Crippen LogP contribution < -0.4 is 0 Å². The molecule has 1 aliphatic rings. The van der Waals surface area contributed by atoms with E-state index in [0.717, 1.165) is 17.2 Å². The van der Waals surface area contributed by atoms with Crippen LogP contribution in [0, 0.1) is 0 Å². The smallest absolute Gasteiger partial charge is 0.290 e. The van der Waals surface area contributed by atoms with Crippen LogP contribution >= 0.6 is 11.6 Å². The van der Waals surface area contributed by atoms with E-state index >= 15 is 0 Å². The summed E-state index contributed by atoms with van der Waals surface area (Å²) in [4.78, 5) is 14.7. The highest BCUT2D eigenvalue weighted by Gasteiger charge is 2.31. The SMILES string of the molecule is COCc1nnc2n1[C@@H](C)CN(C(=O)c1ccc(-c3ccccc3Cl)o1)C2. The Kier molecular flexibility index (Phi) is 4.72. The summed E-state index contributed by atoms with van der Waals surface area (Å²) in [6.45, 7) is 3.35. The van der Waals surface area contributed by atoms with Crippen molar-refractivity contribution in [3.63, 3.8) is 0 Å². The summed E-state index contributed by atoms with van der Waals surface area (Å²) in [6, 6.07) is 10.9. The van der Waals surface area contributed by atoms with E-state index in [2.05, 4.69) is 10.2 Å². The Hall–Kier alpha value is -2.64. The second kappa shape index (κ2) is 7.17. The third-order valence-electron chi connectivity index (χ3n) is 4.61. The van der Waals surface area contributed by atoms with Crippen LogP contribution in [0.1, 0.15) is 35.2 Å². The minimum Gasteiger partial charge on any atom is -0.451 e. The lowest BCUT2D eigenvalue weighted by atomic mass is 10.2. The molecule has 1 amide bonds. The maximum Gasteiger partial charge on any atom is 0.290 e. The largest absolute Gasteiger partial charge is 0.451 e. The summed E-state index contributed by atoms with van der Waals surface area (Å²) in [7, 11) is 1.62. The molecule has 1 aromatic carbocycles. The van der Waals surface area contributed by atoms with Gasteiger partial charge in [0, 0.05) is 19.2 Å². The second-order valence-electron chi connectivity index (χ2n) is 6.51. The van der Waals surface area contributed by atoms with E-state index in [1.807, 2.05) is 29.7 Å². The predicted octanol–water partition coefficient (Wildman–Crippen LogP) is 3.55. The normalized spacial score (nSPS) is 16.4. The minimum absolute atomic E-state index is 0.0517. The molecule has 140 valence electrons. The summed E-state index contributed by atoms with van der Waals surface area (Å²) in [5.74, 6) is 2.18. The van der Waals surface area contributed by atoms with Gasteiger partial charge in [0.1, 0.15) is 12.4 Å². The van der Waals surface area contributed by atoms with Crippen molar-refractivity contribution in [2.45, 2.75) is 26.1 Å². The van der Waals surface area contributed by atoms with Crippen LogP contribution in [0.3, 0.4) is 0 Å². The molecule has 0 N–H and O–H groups in total. The van der Waals surface area contributed by atoms with E-state index in [0.29, 0.717) is 30.5 Å². The zero-order valence-electron chi connectivity index (χ0n) is 15.1. The topological polar surface area (TPSA) is 73.4 Å². The van der Waals surface area contributed by atoms with Crippen LogP contribution in [0.25, 0.3) is 11.3 Å². The van der Waals surface area contributed by atoms with Crippen LogP contribution in [-0.2, 0) is 17.9 Å². The van der Waals surface area contributed by atoms with Crippen molar-refractivity contribution < 1.29 is 13.9 Å². The average Bonchev–Trinajstić information content (AvgIpc) is 3.30. The van der Waals surface area contributed by atoms with E-state index in [9.17, 15) is 4.79 Å². The molecule has 0 radical (unpaired) electrons. The molecule has 2 aromatic heterocycles. The Morgan fingerprint density at radius 3 is 2.89 bits per heavy atom. The molecule has 0 saturated heterocycles. The van der Waals surface area contributed by atoms with Gasteiger partial charge in [-0.15, -0.1) is 10.2 Å². The highest BCUT2D eigenvalue weighted by Crippen LogP contribution is 2.30. The quantitative estimate of drug-likeness (QED) is 0.685.